The fourth-order valence-electron chi connectivity index (χ4n) is 5.11. The van der Waals surface area contributed by atoms with Crippen molar-refractivity contribution in [1.82, 2.24) is 14.5 Å². The molecule has 10 nitrogen and oxygen atoms in total. The van der Waals surface area contributed by atoms with Crippen LogP contribution < -0.4 is 10.3 Å². The minimum Gasteiger partial charge on any atom is -0.506 e. The van der Waals surface area contributed by atoms with Crippen molar-refractivity contribution < 1.29 is 29.6 Å². The highest BCUT2D eigenvalue weighted by Crippen LogP contribution is 2.38. The number of carboxylic acid groups (broad SMARTS) is 1. The molecule has 1 saturated carbocycles. The van der Waals surface area contributed by atoms with E-state index < -0.39 is 23.8 Å². The Kier molecular flexibility index (Phi) is 7.93. The number of aryl methyl sites for hydroxylation is 1. The molecule has 0 unspecified atom stereocenters. The van der Waals surface area contributed by atoms with Gasteiger partial charge >= 0.3 is 5.97 Å². The molecule has 2 fully saturated rings. The summed E-state index contributed by atoms with van der Waals surface area (Å²) in [5.41, 5.74) is 1.49. The van der Waals surface area contributed by atoms with Gasteiger partial charge in [-0.15, -0.1) is 12.4 Å². The lowest BCUT2D eigenvalue weighted by atomic mass is 10.0. The van der Waals surface area contributed by atoms with Crippen LogP contribution in [0.1, 0.15) is 51.8 Å². The molecule has 3 heterocycles. The van der Waals surface area contributed by atoms with E-state index in [4.69, 9.17) is 0 Å². The van der Waals surface area contributed by atoms with Crippen molar-refractivity contribution in [2.24, 2.45) is 0 Å². The predicted molar refractivity (Wildman–Crippen MR) is 141 cm³/mol. The van der Waals surface area contributed by atoms with Crippen LogP contribution >= 0.6 is 12.4 Å². The number of rotatable bonds is 7. The van der Waals surface area contributed by atoms with E-state index in [0.29, 0.717) is 60.9 Å². The van der Waals surface area contributed by atoms with Gasteiger partial charge in [-0.05, 0) is 31.9 Å². The van der Waals surface area contributed by atoms with Gasteiger partial charge in [-0.1, -0.05) is 0 Å². The first-order chi connectivity index (χ1) is 17.7. The van der Waals surface area contributed by atoms with Crippen LogP contribution in [-0.2, 0) is 19.8 Å². The molecule has 3 aromatic rings. The maximum absolute atomic E-state index is 15.2. The number of benzene rings is 1. The number of aromatic hydroxyl groups is 1. The molecular weight excluding hydrogens is 519 g/mol. The molecule has 0 amide bonds. The van der Waals surface area contributed by atoms with E-state index >= 15 is 4.39 Å². The van der Waals surface area contributed by atoms with Crippen LogP contribution in [0.25, 0.3) is 10.9 Å². The molecule has 38 heavy (non-hydrogen) atoms. The van der Waals surface area contributed by atoms with E-state index in [0.717, 1.165) is 18.9 Å². The number of fused-ring (bicyclic) bond motifs is 1. The first kappa shape index (κ1) is 27.8. The second kappa shape index (κ2) is 10.9. The molecule has 0 radical (unpaired) electrons. The van der Waals surface area contributed by atoms with Crippen LogP contribution in [0.15, 0.2) is 23.1 Å². The number of aromatic carboxylic acids is 1. The normalized spacial score (nSPS) is 16.1. The third kappa shape index (κ3) is 4.94. The number of hydrogen-bond donors (Lipinski definition) is 4. The number of anilines is 1. The van der Waals surface area contributed by atoms with Gasteiger partial charge in [-0.3, -0.25) is 14.7 Å². The van der Waals surface area contributed by atoms with Gasteiger partial charge in [0.1, 0.15) is 17.1 Å². The minimum atomic E-state index is -1.32. The van der Waals surface area contributed by atoms with Gasteiger partial charge in [0.2, 0.25) is 5.43 Å². The molecule has 0 spiro atoms. The van der Waals surface area contributed by atoms with Gasteiger partial charge < -0.3 is 29.9 Å². The molecule has 1 aromatic carbocycles. The largest absolute Gasteiger partial charge is 0.506 e. The standard InChI is InChI=1S/C26H29FN4O6.ClH/c1-14-24(34)19(13-33)18(12-32)21(28-14)11-29-4-6-30(7-5-29)23-9-22-16(8-20(23)27)25(35)17(26(36)37)10-31(22)15-2-3-15;/h8-10,15,32-34H,2-7,11-13H2,1H3,(H,36,37);1H. The number of carbonyl (C=O) groups is 1. The maximum atomic E-state index is 15.2. The second-order valence-corrected chi connectivity index (χ2v) is 9.67. The van der Waals surface area contributed by atoms with Crippen LogP contribution in [0.3, 0.4) is 0 Å². The molecule has 12 heteroatoms. The SMILES string of the molecule is Cc1nc(CN2CCN(c3cc4c(cc3F)c(=O)c(C(=O)O)cn4C3CC3)CC2)c(CO)c(CO)c1O.Cl. The van der Waals surface area contributed by atoms with Crippen molar-refractivity contribution in [2.75, 3.05) is 31.1 Å². The summed E-state index contributed by atoms with van der Waals surface area (Å²) in [6, 6.07) is 2.90. The van der Waals surface area contributed by atoms with Gasteiger partial charge in [0.05, 0.1) is 35.8 Å². The molecule has 0 atom stereocenters. The number of hydrogen-bond acceptors (Lipinski definition) is 8. The van der Waals surface area contributed by atoms with Crippen LogP contribution in [-0.4, -0.2) is 67.0 Å². The van der Waals surface area contributed by atoms with Crippen LogP contribution in [0.5, 0.6) is 5.75 Å². The van der Waals surface area contributed by atoms with E-state index in [1.807, 2.05) is 4.90 Å². The summed E-state index contributed by atoms with van der Waals surface area (Å²) in [5, 5.41) is 39.2. The van der Waals surface area contributed by atoms with E-state index in [1.54, 1.807) is 17.6 Å². The van der Waals surface area contributed by atoms with Crippen LogP contribution in [0.2, 0.25) is 0 Å². The van der Waals surface area contributed by atoms with Crippen molar-refractivity contribution >= 4 is 35.0 Å². The first-order valence-electron chi connectivity index (χ1n) is 12.2. The molecule has 2 aliphatic rings. The number of aliphatic hydroxyl groups excluding tert-OH is 2. The smallest absolute Gasteiger partial charge is 0.341 e. The molecule has 1 aliphatic carbocycles. The summed E-state index contributed by atoms with van der Waals surface area (Å²) >= 11 is 0. The highest BCUT2D eigenvalue weighted by molar-refractivity contribution is 5.93. The minimum absolute atomic E-state index is 0. The Hall–Kier alpha value is -3.25. The molecule has 204 valence electrons. The summed E-state index contributed by atoms with van der Waals surface area (Å²) in [7, 11) is 0. The average molecular weight is 549 g/mol. The van der Waals surface area contributed by atoms with Crippen LogP contribution in [0.4, 0.5) is 10.1 Å². The summed E-state index contributed by atoms with van der Waals surface area (Å²) in [6.45, 7) is 3.42. The van der Waals surface area contributed by atoms with Gasteiger partial charge in [-0.25, -0.2) is 9.18 Å². The number of halogens is 2. The lowest BCUT2D eigenvalue weighted by molar-refractivity contribution is 0.0694. The third-order valence-electron chi connectivity index (χ3n) is 7.32. The zero-order valence-corrected chi connectivity index (χ0v) is 21.7. The van der Waals surface area contributed by atoms with Gasteiger partial charge in [0.15, 0.2) is 0 Å². The summed E-state index contributed by atoms with van der Waals surface area (Å²) < 4.78 is 17.0. The number of pyridine rings is 2. The third-order valence-corrected chi connectivity index (χ3v) is 7.32. The van der Waals surface area contributed by atoms with Crippen molar-refractivity contribution in [3.05, 3.63) is 62.4 Å². The number of aromatic nitrogens is 2. The monoisotopic (exact) mass is 548 g/mol. The van der Waals surface area contributed by atoms with Crippen molar-refractivity contribution in [1.29, 1.82) is 0 Å². The molecule has 0 bridgehead atoms. The molecular formula is C26H30ClFN4O6. The molecule has 4 N–H and O–H groups in total. The fraction of sp³-hybridized carbons (Fsp3) is 0.423. The molecule has 1 saturated heterocycles. The van der Waals surface area contributed by atoms with E-state index in [1.165, 1.54) is 6.20 Å². The van der Waals surface area contributed by atoms with E-state index in [-0.39, 0.29) is 47.3 Å². The lowest BCUT2D eigenvalue weighted by Crippen LogP contribution is -2.46. The van der Waals surface area contributed by atoms with Crippen molar-refractivity contribution in [3.63, 3.8) is 0 Å². The summed E-state index contributed by atoms with van der Waals surface area (Å²) in [5.74, 6) is -2.02. The van der Waals surface area contributed by atoms with E-state index in [2.05, 4.69) is 9.88 Å². The lowest BCUT2D eigenvalue weighted by Gasteiger charge is -2.36. The fourth-order valence-corrected chi connectivity index (χ4v) is 5.11. The Bertz CT molecular complexity index is 1450. The van der Waals surface area contributed by atoms with Crippen molar-refractivity contribution in [2.45, 2.75) is 45.6 Å². The summed E-state index contributed by atoms with van der Waals surface area (Å²) in [4.78, 5) is 32.7. The number of nitrogens with zero attached hydrogens (tertiary/aromatic N) is 4. The van der Waals surface area contributed by atoms with Crippen molar-refractivity contribution in [3.8, 4) is 5.75 Å². The predicted octanol–water partition coefficient (Wildman–Crippen LogP) is 2.31. The zero-order chi connectivity index (χ0) is 26.4. The molecule has 1 aliphatic heterocycles. The Morgan fingerprint density at radius 1 is 1.11 bits per heavy atom. The van der Waals surface area contributed by atoms with E-state index in [9.17, 15) is 30.0 Å². The highest BCUT2D eigenvalue weighted by Gasteiger charge is 2.29. The number of carboxylic acids is 1. The Morgan fingerprint density at radius 2 is 1.76 bits per heavy atom. The Morgan fingerprint density at radius 3 is 2.34 bits per heavy atom. The Balaban J connectivity index is 0.00000336. The molecule has 2 aromatic heterocycles. The van der Waals surface area contributed by atoms with Gasteiger partial charge in [0, 0.05) is 61.5 Å². The number of aliphatic hydroxyl groups is 2. The van der Waals surface area contributed by atoms with Crippen LogP contribution in [0, 0.1) is 12.7 Å². The maximum Gasteiger partial charge on any atom is 0.341 e. The van der Waals surface area contributed by atoms with Gasteiger partial charge in [0.25, 0.3) is 0 Å². The summed E-state index contributed by atoms with van der Waals surface area (Å²) in [6.07, 6.45) is 3.12. The highest BCUT2D eigenvalue weighted by atomic mass is 35.5. The zero-order valence-electron chi connectivity index (χ0n) is 20.9. The quantitative estimate of drug-likeness (QED) is 0.350. The number of piperazine rings is 1. The Labute approximate surface area is 224 Å². The van der Waals surface area contributed by atoms with Gasteiger partial charge in [-0.2, -0.15) is 0 Å². The second-order valence-electron chi connectivity index (χ2n) is 9.67. The average Bonchev–Trinajstić information content (AvgIpc) is 3.72. The topological polar surface area (TPSA) is 139 Å². The first-order valence-corrected chi connectivity index (χ1v) is 12.2. The molecule has 5 rings (SSSR count).